The largest absolute Gasteiger partial charge is 0.387 e. The highest BCUT2D eigenvalue weighted by atomic mass is 32.2. The van der Waals surface area contributed by atoms with E-state index in [1.807, 2.05) is 19.1 Å². The quantitative estimate of drug-likeness (QED) is 0.853. The lowest BCUT2D eigenvalue weighted by Gasteiger charge is -2.12. The molecule has 2 nitrogen and oxygen atoms in total. The summed E-state index contributed by atoms with van der Waals surface area (Å²) in [5, 5.41) is 10.2. The molecule has 1 atom stereocenters. The molecule has 2 aromatic rings. The molecule has 0 bridgehead atoms. The van der Waals surface area contributed by atoms with Crippen LogP contribution in [0.2, 0.25) is 0 Å². The van der Waals surface area contributed by atoms with E-state index in [4.69, 9.17) is 0 Å². The van der Waals surface area contributed by atoms with Gasteiger partial charge < -0.3 is 5.11 Å². The summed E-state index contributed by atoms with van der Waals surface area (Å²) in [5.74, 6) is 0.649. The van der Waals surface area contributed by atoms with Crippen LogP contribution in [0.4, 0.5) is 0 Å². The summed E-state index contributed by atoms with van der Waals surface area (Å²) in [6.45, 7) is 4.07. The maximum atomic E-state index is 10.2. The van der Waals surface area contributed by atoms with Crippen LogP contribution < -0.4 is 0 Å². The van der Waals surface area contributed by atoms with E-state index in [1.165, 1.54) is 10.5 Å². The topological polar surface area (TPSA) is 33.1 Å². The first-order chi connectivity index (χ1) is 8.66. The van der Waals surface area contributed by atoms with Crippen LogP contribution >= 0.6 is 11.8 Å². The van der Waals surface area contributed by atoms with E-state index in [1.54, 1.807) is 24.2 Å². The van der Waals surface area contributed by atoms with Crippen molar-refractivity contribution in [3.05, 3.63) is 59.4 Å². The Morgan fingerprint density at radius 2 is 2.11 bits per heavy atom. The lowest BCUT2D eigenvalue weighted by molar-refractivity contribution is 0.203. The minimum atomic E-state index is -0.468. The summed E-state index contributed by atoms with van der Waals surface area (Å²) < 4.78 is 0. The average molecular weight is 259 g/mol. The molecule has 1 unspecified atom stereocenters. The molecule has 0 saturated carbocycles. The Bertz CT molecular complexity index is 527. The molecular weight excluding hydrogens is 242 g/mol. The van der Waals surface area contributed by atoms with Crippen molar-refractivity contribution in [1.82, 2.24) is 4.98 Å². The van der Waals surface area contributed by atoms with Gasteiger partial charge in [0.1, 0.15) is 0 Å². The van der Waals surface area contributed by atoms with Crippen LogP contribution in [0.3, 0.4) is 0 Å². The minimum absolute atomic E-state index is 0.468. The van der Waals surface area contributed by atoms with Crippen molar-refractivity contribution in [2.75, 3.05) is 5.75 Å². The predicted molar refractivity (Wildman–Crippen MR) is 75.8 cm³/mol. The van der Waals surface area contributed by atoms with Gasteiger partial charge in [-0.2, -0.15) is 0 Å². The summed E-state index contributed by atoms with van der Waals surface area (Å²) in [5.41, 5.74) is 3.24. The number of thioether (sulfide) groups is 1. The molecule has 1 N–H and O–H groups in total. The normalized spacial score (nSPS) is 12.4. The fourth-order valence-corrected chi connectivity index (χ4v) is 2.77. The second-order valence-electron chi connectivity index (χ2n) is 4.38. The smallest absolute Gasteiger partial charge is 0.0901 e. The Labute approximate surface area is 112 Å². The molecule has 18 heavy (non-hydrogen) atoms. The van der Waals surface area contributed by atoms with Crippen molar-refractivity contribution in [2.24, 2.45) is 0 Å². The van der Waals surface area contributed by atoms with Crippen LogP contribution in [0.15, 0.2) is 47.6 Å². The highest BCUT2D eigenvalue weighted by Gasteiger charge is 2.10. The van der Waals surface area contributed by atoms with Gasteiger partial charge in [0, 0.05) is 28.6 Å². The van der Waals surface area contributed by atoms with Gasteiger partial charge in [0.15, 0.2) is 0 Å². The zero-order chi connectivity index (χ0) is 13.0. The maximum absolute atomic E-state index is 10.2. The number of hydrogen-bond donors (Lipinski definition) is 1. The molecular formula is C15H17NOS. The molecule has 1 heterocycles. The van der Waals surface area contributed by atoms with Gasteiger partial charge in [-0.05, 0) is 37.6 Å². The van der Waals surface area contributed by atoms with Gasteiger partial charge in [0.05, 0.1) is 6.10 Å². The Kier molecular flexibility index (Phi) is 4.39. The molecule has 0 spiro atoms. The van der Waals surface area contributed by atoms with Crippen molar-refractivity contribution < 1.29 is 5.11 Å². The molecule has 0 aliphatic heterocycles. The Hall–Kier alpha value is -1.32. The van der Waals surface area contributed by atoms with Crippen molar-refractivity contribution in [1.29, 1.82) is 0 Å². The van der Waals surface area contributed by atoms with Crippen LogP contribution in [-0.4, -0.2) is 15.8 Å². The number of aliphatic hydroxyl groups excluding tert-OH is 1. The zero-order valence-corrected chi connectivity index (χ0v) is 11.4. The first-order valence-corrected chi connectivity index (χ1v) is 6.93. The van der Waals surface area contributed by atoms with Crippen LogP contribution in [0.25, 0.3) is 0 Å². The lowest BCUT2D eigenvalue weighted by Crippen LogP contribution is -2.03. The number of rotatable bonds is 4. The summed E-state index contributed by atoms with van der Waals surface area (Å²) in [7, 11) is 0. The molecule has 0 radical (unpaired) electrons. The summed E-state index contributed by atoms with van der Waals surface area (Å²) >= 11 is 1.67. The van der Waals surface area contributed by atoms with Crippen molar-refractivity contribution >= 4 is 11.8 Å². The van der Waals surface area contributed by atoms with Crippen LogP contribution in [0.1, 0.15) is 22.8 Å². The van der Waals surface area contributed by atoms with Crippen molar-refractivity contribution in [3.63, 3.8) is 0 Å². The van der Waals surface area contributed by atoms with Gasteiger partial charge in [0.2, 0.25) is 0 Å². The maximum Gasteiger partial charge on any atom is 0.0901 e. The number of aromatic nitrogens is 1. The second-order valence-corrected chi connectivity index (χ2v) is 5.47. The number of pyridine rings is 1. The molecule has 0 aliphatic carbocycles. The van der Waals surface area contributed by atoms with Gasteiger partial charge in [0.25, 0.3) is 0 Å². The van der Waals surface area contributed by atoms with E-state index in [9.17, 15) is 5.11 Å². The van der Waals surface area contributed by atoms with Gasteiger partial charge in [-0.25, -0.2) is 0 Å². The van der Waals surface area contributed by atoms with Crippen molar-refractivity contribution in [3.8, 4) is 0 Å². The molecule has 0 saturated heterocycles. The standard InChI is InChI=1S/C15H17NOS/c1-11-4-3-5-13(8-11)18-10-15(17)14-9-16-7-6-12(14)2/h3-9,15,17H,10H2,1-2H3. The summed E-state index contributed by atoms with van der Waals surface area (Å²) in [4.78, 5) is 5.26. The second kappa shape index (κ2) is 6.03. The highest BCUT2D eigenvalue weighted by molar-refractivity contribution is 7.99. The first kappa shape index (κ1) is 13.1. The van der Waals surface area contributed by atoms with Crippen molar-refractivity contribution in [2.45, 2.75) is 24.8 Å². The van der Waals surface area contributed by atoms with Gasteiger partial charge in [-0.15, -0.1) is 11.8 Å². The molecule has 0 aliphatic rings. The lowest BCUT2D eigenvalue weighted by atomic mass is 10.1. The van der Waals surface area contributed by atoms with Crippen LogP contribution in [-0.2, 0) is 0 Å². The third-order valence-corrected chi connectivity index (χ3v) is 3.91. The van der Waals surface area contributed by atoms with E-state index in [2.05, 4.69) is 30.1 Å². The van der Waals surface area contributed by atoms with E-state index in [0.717, 1.165) is 11.1 Å². The number of aryl methyl sites for hydroxylation is 2. The Balaban J connectivity index is 2.00. The number of nitrogens with zero attached hydrogens (tertiary/aromatic N) is 1. The highest BCUT2D eigenvalue weighted by Crippen LogP contribution is 2.26. The predicted octanol–water partition coefficient (Wildman–Crippen LogP) is 3.52. The molecule has 1 aromatic heterocycles. The van der Waals surface area contributed by atoms with Gasteiger partial charge >= 0.3 is 0 Å². The average Bonchev–Trinajstić information content (AvgIpc) is 2.37. The van der Waals surface area contributed by atoms with E-state index in [-0.39, 0.29) is 0 Å². The molecule has 94 valence electrons. The van der Waals surface area contributed by atoms with E-state index >= 15 is 0 Å². The molecule has 3 heteroatoms. The number of benzene rings is 1. The number of aliphatic hydroxyl groups is 1. The number of hydrogen-bond acceptors (Lipinski definition) is 3. The molecule has 0 amide bonds. The van der Waals surface area contributed by atoms with E-state index < -0.39 is 6.10 Å². The van der Waals surface area contributed by atoms with Gasteiger partial charge in [-0.3, -0.25) is 4.98 Å². The zero-order valence-electron chi connectivity index (χ0n) is 10.6. The van der Waals surface area contributed by atoms with Crippen LogP contribution in [0, 0.1) is 13.8 Å². The fraction of sp³-hybridized carbons (Fsp3) is 0.267. The molecule has 2 rings (SSSR count). The third kappa shape index (κ3) is 3.34. The third-order valence-electron chi connectivity index (χ3n) is 2.84. The molecule has 0 fully saturated rings. The van der Waals surface area contributed by atoms with Crippen LogP contribution in [0.5, 0.6) is 0 Å². The van der Waals surface area contributed by atoms with E-state index in [0.29, 0.717) is 5.75 Å². The summed E-state index contributed by atoms with van der Waals surface area (Å²) in [6.07, 6.45) is 3.03. The van der Waals surface area contributed by atoms with Gasteiger partial charge in [-0.1, -0.05) is 17.7 Å². The molecule has 1 aromatic carbocycles. The SMILES string of the molecule is Cc1cccc(SCC(O)c2cnccc2C)c1. The monoisotopic (exact) mass is 259 g/mol. The first-order valence-electron chi connectivity index (χ1n) is 5.95. The minimum Gasteiger partial charge on any atom is -0.387 e. The Morgan fingerprint density at radius 1 is 1.28 bits per heavy atom. The summed E-state index contributed by atoms with van der Waals surface area (Å²) in [6, 6.07) is 10.2. The Morgan fingerprint density at radius 3 is 2.83 bits per heavy atom. The fourth-order valence-electron chi connectivity index (χ4n) is 1.80.